The van der Waals surface area contributed by atoms with E-state index in [1.165, 1.54) is 0 Å². The highest BCUT2D eigenvalue weighted by Crippen LogP contribution is 2.31. The van der Waals surface area contributed by atoms with E-state index >= 15 is 0 Å². The van der Waals surface area contributed by atoms with E-state index in [9.17, 15) is 14.4 Å². The van der Waals surface area contributed by atoms with Crippen LogP contribution in [-0.4, -0.2) is 38.6 Å². The van der Waals surface area contributed by atoms with Gasteiger partial charge in [0.1, 0.15) is 11.9 Å². The van der Waals surface area contributed by atoms with Crippen LogP contribution in [0.4, 0.5) is 0 Å². The lowest BCUT2D eigenvalue weighted by Crippen LogP contribution is -2.52. The Morgan fingerprint density at radius 3 is 2.74 bits per heavy atom. The zero-order valence-electron chi connectivity index (χ0n) is 14.4. The predicted octanol–water partition coefficient (Wildman–Crippen LogP) is 1.99. The first-order chi connectivity index (χ1) is 13.1. The first-order valence-electron chi connectivity index (χ1n) is 8.83. The van der Waals surface area contributed by atoms with Crippen molar-refractivity contribution in [1.82, 2.24) is 20.2 Å². The Kier molecular flexibility index (Phi) is 3.36. The van der Waals surface area contributed by atoms with Crippen molar-refractivity contribution < 1.29 is 14.4 Å². The third-order valence-corrected chi connectivity index (χ3v) is 5.19. The molecule has 0 spiro atoms. The van der Waals surface area contributed by atoms with Crippen LogP contribution in [0.5, 0.6) is 0 Å². The molecule has 3 heterocycles. The number of imide groups is 1. The fourth-order valence-electron chi connectivity index (χ4n) is 3.79. The summed E-state index contributed by atoms with van der Waals surface area (Å²) in [4.78, 5) is 45.8. The van der Waals surface area contributed by atoms with Gasteiger partial charge in [0.15, 0.2) is 0 Å². The second-order valence-corrected chi connectivity index (χ2v) is 6.87. The number of aromatic nitrogens is 2. The zero-order valence-corrected chi connectivity index (χ0v) is 14.4. The summed E-state index contributed by atoms with van der Waals surface area (Å²) >= 11 is 0. The number of fused-ring (bicyclic) bond motifs is 2. The molecule has 3 aromatic rings. The molecule has 0 aliphatic carbocycles. The SMILES string of the molecule is O=C1CCC(N2Cc3ccc(-c4nc5ccccc5[nH]4)cc3C2=O)C(=O)N1. The number of aromatic amines is 1. The van der Waals surface area contributed by atoms with Gasteiger partial charge in [0.25, 0.3) is 5.91 Å². The number of piperidine rings is 1. The van der Waals surface area contributed by atoms with Crippen molar-refractivity contribution >= 4 is 28.8 Å². The maximum atomic E-state index is 12.9. The molecule has 0 bridgehead atoms. The van der Waals surface area contributed by atoms with E-state index in [4.69, 9.17) is 0 Å². The average molecular weight is 360 g/mol. The molecular weight excluding hydrogens is 344 g/mol. The van der Waals surface area contributed by atoms with Crippen LogP contribution in [0.15, 0.2) is 42.5 Å². The number of nitrogens with one attached hydrogen (secondary N) is 2. The lowest BCUT2D eigenvalue weighted by molar-refractivity contribution is -0.136. The lowest BCUT2D eigenvalue weighted by atomic mass is 10.0. The Morgan fingerprint density at radius 1 is 1.07 bits per heavy atom. The van der Waals surface area contributed by atoms with Gasteiger partial charge in [-0.2, -0.15) is 0 Å². The number of nitrogens with zero attached hydrogens (tertiary/aromatic N) is 2. The Labute approximate surface area is 154 Å². The summed E-state index contributed by atoms with van der Waals surface area (Å²) in [6.45, 7) is 0.376. The number of carbonyl (C=O) groups excluding carboxylic acids is 3. The van der Waals surface area contributed by atoms with E-state index < -0.39 is 11.9 Å². The number of benzene rings is 2. The van der Waals surface area contributed by atoms with Crippen molar-refractivity contribution in [3.63, 3.8) is 0 Å². The normalized spacial score (nSPS) is 19.5. The molecule has 3 amide bonds. The van der Waals surface area contributed by atoms with Crippen LogP contribution in [0, 0.1) is 0 Å². The number of hydrogen-bond acceptors (Lipinski definition) is 4. The van der Waals surface area contributed by atoms with Crippen molar-refractivity contribution in [1.29, 1.82) is 0 Å². The van der Waals surface area contributed by atoms with Gasteiger partial charge in [-0.15, -0.1) is 0 Å². The molecule has 1 aromatic heterocycles. The molecule has 2 aliphatic heterocycles. The van der Waals surface area contributed by atoms with Crippen LogP contribution in [-0.2, 0) is 16.1 Å². The lowest BCUT2D eigenvalue weighted by Gasteiger charge is -2.29. The predicted molar refractivity (Wildman–Crippen MR) is 97.6 cm³/mol. The topological polar surface area (TPSA) is 95.2 Å². The average Bonchev–Trinajstić information content (AvgIpc) is 3.23. The van der Waals surface area contributed by atoms with E-state index in [1.54, 1.807) is 4.90 Å². The summed E-state index contributed by atoms with van der Waals surface area (Å²) in [5, 5.41) is 2.32. The second kappa shape index (κ2) is 5.77. The minimum absolute atomic E-state index is 0.183. The van der Waals surface area contributed by atoms with Crippen molar-refractivity contribution in [2.45, 2.75) is 25.4 Å². The van der Waals surface area contributed by atoms with Gasteiger partial charge in [0.05, 0.1) is 11.0 Å². The number of para-hydroxylation sites is 2. The molecule has 5 rings (SSSR count). The minimum Gasteiger partial charge on any atom is -0.338 e. The monoisotopic (exact) mass is 360 g/mol. The molecule has 0 radical (unpaired) electrons. The molecule has 1 unspecified atom stereocenters. The Morgan fingerprint density at radius 2 is 1.93 bits per heavy atom. The summed E-state index contributed by atoms with van der Waals surface area (Å²) in [5.74, 6) is -0.166. The van der Waals surface area contributed by atoms with Gasteiger partial charge < -0.3 is 9.88 Å². The van der Waals surface area contributed by atoms with Gasteiger partial charge >= 0.3 is 0 Å². The number of carbonyl (C=O) groups is 3. The molecule has 7 heteroatoms. The molecule has 2 aromatic carbocycles. The van der Waals surface area contributed by atoms with E-state index in [0.29, 0.717) is 24.4 Å². The standard InChI is InChI=1S/C20H16N4O3/c25-17-8-7-16(19(26)23-17)24-10-12-6-5-11(9-13(12)20(24)27)18-21-14-3-1-2-4-15(14)22-18/h1-6,9,16H,7-8,10H2,(H,21,22)(H,23,25,26). The van der Waals surface area contributed by atoms with Crippen LogP contribution < -0.4 is 5.32 Å². The first kappa shape index (κ1) is 15.7. The molecule has 1 atom stereocenters. The van der Waals surface area contributed by atoms with Crippen molar-refractivity contribution in [3.05, 3.63) is 53.6 Å². The van der Waals surface area contributed by atoms with E-state index in [-0.39, 0.29) is 18.2 Å². The molecule has 1 saturated heterocycles. The van der Waals surface area contributed by atoms with Gasteiger partial charge in [-0.3, -0.25) is 19.7 Å². The van der Waals surface area contributed by atoms with Gasteiger partial charge in [0, 0.05) is 24.1 Å². The van der Waals surface area contributed by atoms with Crippen molar-refractivity contribution in [2.75, 3.05) is 0 Å². The van der Waals surface area contributed by atoms with Crippen LogP contribution in [0.3, 0.4) is 0 Å². The van der Waals surface area contributed by atoms with E-state index in [1.807, 2.05) is 42.5 Å². The minimum atomic E-state index is -0.600. The number of imidazole rings is 1. The second-order valence-electron chi connectivity index (χ2n) is 6.87. The van der Waals surface area contributed by atoms with Crippen LogP contribution in [0.25, 0.3) is 22.4 Å². The van der Waals surface area contributed by atoms with Gasteiger partial charge in [0.2, 0.25) is 11.8 Å². The van der Waals surface area contributed by atoms with Gasteiger partial charge in [-0.05, 0) is 30.2 Å². The number of amides is 3. The smallest absolute Gasteiger partial charge is 0.255 e. The summed E-state index contributed by atoms with van der Waals surface area (Å²) in [6.07, 6.45) is 0.613. The van der Waals surface area contributed by atoms with E-state index in [0.717, 1.165) is 22.2 Å². The quantitative estimate of drug-likeness (QED) is 0.683. The van der Waals surface area contributed by atoms with Crippen LogP contribution >= 0.6 is 0 Å². The molecule has 134 valence electrons. The molecule has 27 heavy (non-hydrogen) atoms. The maximum absolute atomic E-state index is 12.9. The summed E-state index contributed by atoms with van der Waals surface area (Å²) in [6, 6.07) is 12.8. The summed E-state index contributed by atoms with van der Waals surface area (Å²) in [5.41, 5.74) is 4.08. The molecule has 1 fully saturated rings. The fourth-order valence-corrected chi connectivity index (χ4v) is 3.79. The highest BCUT2D eigenvalue weighted by molar-refractivity contribution is 6.05. The molecule has 2 aliphatic rings. The Hall–Kier alpha value is -3.48. The maximum Gasteiger partial charge on any atom is 0.255 e. The van der Waals surface area contributed by atoms with Crippen molar-refractivity contribution in [3.8, 4) is 11.4 Å². The van der Waals surface area contributed by atoms with Gasteiger partial charge in [-0.1, -0.05) is 24.3 Å². The molecular formula is C20H16N4O3. The van der Waals surface area contributed by atoms with Gasteiger partial charge in [-0.25, -0.2) is 4.98 Å². The van der Waals surface area contributed by atoms with Crippen molar-refractivity contribution in [2.24, 2.45) is 0 Å². The zero-order chi connectivity index (χ0) is 18.5. The Balaban J connectivity index is 1.47. The largest absolute Gasteiger partial charge is 0.338 e. The number of rotatable bonds is 2. The fraction of sp³-hybridized carbons (Fsp3) is 0.200. The first-order valence-corrected chi connectivity index (χ1v) is 8.83. The third kappa shape index (κ3) is 2.51. The van der Waals surface area contributed by atoms with E-state index in [2.05, 4.69) is 15.3 Å². The molecule has 0 saturated carbocycles. The highest BCUT2D eigenvalue weighted by atomic mass is 16.2. The summed E-state index contributed by atoms with van der Waals surface area (Å²) < 4.78 is 0. The summed E-state index contributed by atoms with van der Waals surface area (Å²) in [7, 11) is 0. The highest BCUT2D eigenvalue weighted by Gasteiger charge is 2.39. The third-order valence-electron chi connectivity index (χ3n) is 5.19. The molecule has 2 N–H and O–H groups in total. The number of H-pyrrole nitrogens is 1. The molecule has 7 nitrogen and oxygen atoms in total. The van der Waals surface area contributed by atoms with Crippen LogP contribution in [0.1, 0.15) is 28.8 Å². The number of hydrogen-bond donors (Lipinski definition) is 2. The Bertz CT molecular complexity index is 1080. The van der Waals surface area contributed by atoms with Crippen LogP contribution in [0.2, 0.25) is 0 Å².